The largest absolute Gasteiger partial charge is 0.324 e. The molecule has 0 unspecified atom stereocenters. The second kappa shape index (κ2) is 16.9. The lowest BCUT2D eigenvalue weighted by atomic mass is 10.0. The Hall–Kier alpha value is -1.56. The molecule has 2 rings (SSSR count). The van der Waals surface area contributed by atoms with Crippen LogP contribution in [0.3, 0.4) is 0 Å². The first kappa shape index (κ1) is 26.7. The van der Waals surface area contributed by atoms with Crippen molar-refractivity contribution in [1.82, 2.24) is 14.7 Å². The second-order valence-corrected chi connectivity index (χ2v) is 5.51. The first-order valence-electron chi connectivity index (χ1n) is 9.15. The van der Waals surface area contributed by atoms with Crippen molar-refractivity contribution in [2.75, 3.05) is 32.4 Å². The Morgan fingerprint density at radius 2 is 1.77 bits per heavy atom. The number of benzene rings is 1. The van der Waals surface area contributed by atoms with Gasteiger partial charge >= 0.3 is 0 Å². The van der Waals surface area contributed by atoms with Gasteiger partial charge in [0, 0.05) is 24.7 Å². The highest BCUT2D eigenvalue weighted by Crippen LogP contribution is 2.27. The van der Waals surface area contributed by atoms with Crippen LogP contribution in [0.2, 0.25) is 0 Å². The molecule has 1 aromatic carbocycles. The molecule has 0 aliphatic rings. The molecule has 5 nitrogen and oxygen atoms in total. The van der Waals surface area contributed by atoms with Crippen LogP contribution in [0.1, 0.15) is 39.7 Å². The molecule has 0 aliphatic carbocycles. The highest BCUT2D eigenvalue weighted by Gasteiger charge is 2.07. The maximum absolute atomic E-state index is 5.48. The number of rotatable bonds is 5. The van der Waals surface area contributed by atoms with Gasteiger partial charge < -0.3 is 10.3 Å². The van der Waals surface area contributed by atoms with Gasteiger partial charge in [-0.1, -0.05) is 39.8 Å². The molecule has 0 aliphatic heterocycles. The number of anilines is 1. The monoisotopic (exact) mass is 383 g/mol. The molecule has 0 amide bonds. The van der Waals surface area contributed by atoms with Crippen molar-refractivity contribution in [3.8, 4) is 11.1 Å². The summed E-state index contributed by atoms with van der Waals surface area (Å²) < 4.78 is 1.97. The Morgan fingerprint density at radius 1 is 1.19 bits per heavy atom. The van der Waals surface area contributed by atoms with E-state index in [1.165, 1.54) is 11.9 Å². The lowest BCUT2D eigenvalue weighted by Crippen LogP contribution is -2.08. The molecule has 150 valence electrons. The van der Waals surface area contributed by atoms with E-state index in [1.807, 2.05) is 36.9 Å². The summed E-state index contributed by atoms with van der Waals surface area (Å²) in [6.07, 6.45) is 6.54. The molecule has 26 heavy (non-hydrogen) atoms. The van der Waals surface area contributed by atoms with Crippen LogP contribution in [0.5, 0.6) is 0 Å². The van der Waals surface area contributed by atoms with E-state index < -0.39 is 0 Å². The van der Waals surface area contributed by atoms with E-state index in [-0.39, 0.29) is 0 Å². The van der Waals surface area contributed by atoms with Gasteiger partial charge in [0.1, 0.15) is 0 Å². The van der Waals surface area contributed by atoms with E-state index in [9.17, 15) is 0 Å². The molecule has 1 heterocycles. The number of nitrogens with one attached hydrogen (secondary N) is 1. The summed E-state index contributed by atoms with van der Waals surface area (Å²) in [6, 6.07) is 6.05. The minimum Gasteiger partial charge on any atom is -0.324 e. The number of hydrogen-bond donors (Lipinski definition) is 2. The van der Waals surface area contributed by atoms with E-state index in [0.717, 1.165) is 36.3 Å². The van der Waals surface area contributed by atoms with E-state index >= 15 is 0 Å². The van der Waals surface area contributed by atoms with Crippen molar-refractivity contribution in [3.05, 3.63) is 36.2 Å². The summed E-state index contributed by atoms with van der Waals surface area (Å²) in [4.78, 5) is 2.12. The van der Waals surface area contributed by atoms with Crippen molar-refractivity contribution in [3.63, 3.8) is 0 Å². The Kier molecular flexibility index (Phi) is 17.3. The number of nitrogen functional groups attached to an aromatic ring is 1. The molecule has 0 saturated carbocycles. The van der Waals surface area contributed by atoms with E-state index in [0.29, 0.717) is 0 Å². The fourth-order valence-electron chi connectivity index (χ4n) is 1.96. The van der Waals surface area contributed by atoms with Crippen molar-refractivity contribution in [2.24, 2.45) is 5.84 Å². The first-order chi connectivity index (χ1) is 12.5. The molecule has 1 aromatic heterocycles. The predicted molar refractivity (Wildman–Crippen MR) is 118 cm³/mol. The number of aryl methyl sites for hydroxylation is 1. The summed E-state index contributed by atoms with van der Waals surface area (Å²) in [7, 11) is 4.11. The topological polar surface area (TPSA) is 59.1 Å². The third kappa shape index (κ3) is 9.80. The van der Waals surface area contributed by atoms with Crippen LogP contribution in [0, 0.1) is 6.92 Å². The Bertz CT molecular complexity index is 567. The zero-order valence-electron chi connectivity index (χ0n) is 17.8. The van der Waals surface area contributed by atoms with Gasteiger partial charge in [-0.3, -0.25) is 10.5 Å². The van der Waals surface area contributed by atoms with Crippen LogP contribution in [0.4, 0.5) is 5.69 Å². The van der Waals surface area contributed by atoms with Gasteiger partial charge in [-0.15, -0.1) is 11.6 Å². The summed E-state index contributed by atoms with van der Waals surface area (Å²) in [5.41, 5.74) is 7.11. The molecule has 0 atom stereocenters. The number of alkyl halides is 1. The quantitative estimate of drug-likeness (QED) is 0.433. The van der Waals surface area contributed by atoms with Gasteiger partial charge in [0.2, 0.25) is 0 Å². The molecule has 0 spiro atoms. The molecule has 0 radical (unpaired) electrons. The van der Waals surface area contributed by atoms with Gasteiger partial charge in [0.05, 0.1) is 11.9 Å². The fraction of sp³-hybridized carbons (Fsp3) is 0.550. The predicted octanol–water partition coefficient (Wildman–Crippen LogP) is 5.00. The van der Waals surface area contributed by atoms with E-state index in [1.54, 1.807) is 0 Å². The molecular formula is C20H38ClN5. The van der Waals surface area contributed by atoms with Gasteiger partial charge in [0.25, 0.3) is 0 Å². The lowest BCUT2D eigenvalue weighted by Gasteiger charge is -2.08. The molecule has 3 N–H and O–H groups in total. The first-order valence-corrected chi connectivity index (χ1v) is 9.90. The Labute approximate surface area is 165 Å². The highest BCUT2D eigenvalue weighted by atomic mass is 35.5. The number of halogens is 1. The van der Waals surface area contributed by atoms with Crippen LogP contribution < -0.4 is 11.3 Å². The number of aromatic nitrogens is 2. The number of nitrogens with two attached hydrogens (primary N) is 1. The number of nitrogens with zero attached hydrogens (tertiary/aromatic N) is 3. The zero-order valence-corrected chi connectivity index (χ0v) is 18.6. The standard InChI is InChI=1S/C13H18N4.C4H11N.C2H6.CH3Cl/c1-3-7-17-9-11(8-15-17)12-5-4-6-13(16-14)10(12)2;1-4-5(2)3;2*1-2/h4-6,8-9,16H,3,7,14H2,1-2H3;4H2,1-3H3;1-2H3;1H3. The van der Waals surface area contributed by atoms with Gasteiger partial charge in [-0.05, 0) is 51.2 Å². The number of hydrogen-bond acceptors (Lipinski definition) is 4. The third-order valence-corrected chi connectivity index (χ3v) is 3.52. The fourth-order valence-corrected chi connectivity index (χ4v) is 1.96. The average Bonchev–Trinajstić information content (AvgIpc) is 3.14. The molecule has 2 aromatic rings. The zero-order chi connectivity index (χ0) is 20.5. The minimum atomic E-state index is 0.950. The van der Waals surface area contributed by atoms with Crippen LogP contribution in [0.15, 0.2) is 30.6 Å². The van der Waals surface area contributed by atoms with Gasteiger partial charge in [-0.25, -0.2) is 0 Å². The maximum Gasteiger partial charge on any atom is 0.0568 e. The molecule has 0 bridgehead atoms. The van der Waals surface area contributed by atoms with Crippen molar-refractivity contribution >= 4 is 17.3 Å². The summed E-state index contributed by atoms with van der Waals surface area (Å²) in [6.45, 7) is 12.4. The maximum atomic E-state index is 5.48. The summed E-state index contributed by atoms with van der Waals surface area (Å²) in [5.74, 6) is 5.48. The van der Waals surface area contributed by atoms with Crippen LogP contribution in [0.25, 0.3) is 11.1 Å². The van der Waals surface area contributed by atoms with Crippen LogP contribution in [-0.2, 0) is 6.54 Å². The normalized spacial score (nSPS) is 9.19. The second-order valence-electron chi connectivity index (χ2n) is 5.51. The van der Waals surface area contributed by atoms with Crippen molar-refractivity contribution in [2.45, 2.75) is 47.6 Å². The minimum absolute atomic E-state index is 0.950. The lowest BCUT2D eigenvalue weighted by molar-refractivity contribution is 0.434. The Balaban J connectivity index is 0. The smallest absolute Gasteiger partial charge is 0.0568 e. The number of hydrazine groups is 1. The summed E-state index contributed by atoms with van der Waals surface area (Å²) in [5, 5.41) is 4.34. The highest BCUT2D eigenvalue weighted by molar-refractivity contribution is 6.15. The SMILES string of the molecule is CC.CCCn1cc(-c2cccc(NN)c2C)cn1.CCN(C)C.CCl. The average molecular weight is 384 g/mol. The van der Waals surface area contributed by atoms with Crippen LogP contribution >= 0.6 is 11.6 Å². The molecule has 0 fully saturated rings. The van der Waals surface area contributed by atoms with Gasteiger partial charge in [0.15, 0.2) is 0 Å². The molecule has 0 saturated heterocycles. The molecular weight excluding hydrogens is 346 g/mol. The summed E-state index contributed by atoms with van der Waals surface area (Å²) >= 11 is 4.64. The van der Waals surface area contributed by atoms with E-state index in [2.05, 4.69) is 74.2 Å². The Morgan fingerprint density at radius 3 is 2.23 bits per heavy atom. The van der Waals surface area contributed by atoms with E-state index in [4.69, 9.17) is 5.84 Å². The third-order valence-electron chi connectivity index (χ3n) is 3.52. The van der Waals surface area contributed by atoms with Gasteiger partial charge in [-0.2, -0.15) is 5.10 Å². The van der Waals surface area contributed by atoms with Crippen molar-refractivity contribution < 1.29 is 0 Å². The van der Waals surface area contributed by atoms with Crippen LogP contribution in [-0.4, -0.2) is 41.7 Å². The van der Waals surface area contributed by atoms with Crippen molar-refractivity contribution in [1.29, 1.82) is 0 Å². The molecule has 6 heteroatoms.